The normalized spacial score (nSPS) is 11.2. The van der Waals surface area contributed by atoms with Crippen molar-refractivity contribution in [1.29, 1.82) is 0 Å². The van der Waals surface area contributed by atoms with Crippen molar-refractivity contribution in [3.05, 3.63) is 17.6 Å². The second-order valence-electron chi connectivity index (χ2n) is 5.34. The number of anilines is 1. The van der Waals surface area contributed by atoms with Gasteiger partial charge in [-0.15, -0.1) is 0 Å². The van der Waals surface area contributed by atoms with E-state index in [0.29, 0.717) is 11.8 Å². The lowest BCUT2D eigenvalue weighted by atomic mass is 10.1. The van der Waals surface area contributed by atoms with Crippen LogP contribution in [0.3, 0.4) is 0 Å². The van der Waals surface area contributed by atoms with Gasteiger partial charge < -0.3 is 5.43 Å². The van der Waals surface area contributed by atoms with Crippen molar-refractivity contribution in [3.8, 4) is 0 Å². The molecular weight excluding hydrogens is 212 g/mol. The topological polar surface area (TPSA) is 63.8 Å². The van der Waals surface area contributed by atoms with Gasteiger partial charge in [-0.05, 0) is 24.7 Å². The maximum atomic E-state index is 5.43. The molecule has 0 bridgehead atoms. The fourth-order valence-electron chi connectivity index (χ4n) is 1.68. The van der Waals surface area contributed by atoms with Crippen LogP contribution in [0.15, 0.2) is 6.07 Å². The summed E-state index contributed by atoms with van der Waals surface area (Å²) < 4.78 is 0. The molecule has 3 N–H and O–H groups in total. The molecule has 0 aromatic carbocycles. The molecule has 4 heteroatoms. The maximum absolute atomic E-state index is 5.43. The summed E-state index contributed by atoms with van der Waals surface area (Å²) in [6, 6.07) is 1.93. The van der Waals surface area contributed by atoms with Crippen LogP contribution in [0.25, 0.3) is 0 Å². The van der Waals surface area contributed by atoms with Crippen LogP contribution < -0.4 is 11.3 Å². The third kappa shape index (κ3) is 5.13. The summed E-state index contributed by atoms with van der Waals surface area (Å²) >= 11 is 0. The second kappa shape index (κ2) is 6.55. The van der Waals surface area contributed by atoms with Gasteiger partial charge in [-0.3, -0.25) is 0 Å². The zero-order valence-electron chi connectivity index (χ0n) is 11.3. The highest BCUT2D eigenvalue weighted by atomic mass is 15.3. The number of hydrogen-bond donors (Lipinski definition) is 2. The summed E-state index contributed by atoms with van der Waals surface area (Å²) in [5.74, 6) is 8.30. The molecule has 17 heavy (non-hydrogen) atoms. The smallest absolute Gasteiger partial charge is 0.143 e. The predicted molar refractivity (Wildman–Crippen MR) is 71.5 cm³/mol. The Kier molecular flexibility index (Phi) is 5.35. The van der Waals surface area contributed by atoms with Crippen molar-refractivity contribution >= 4 is 5.82 Å². The monoisotopic (exact) mass is 236 g/mol. The number of nitrogens with two attached hydrogens (primary N) is 1. The van der Waals surface area contributed by atoms with Gasteiger partial charge in [-0.25, -0.2) is 15.8 Å². The molecule has 96 valence electrons. The molecule has 0 atom stereocenters. The third-order valence-electron chi connectivity index (χ3n) is 2.54. The lowest BCUT2D eigenvalue weighted by molar-refractivity contribution is 0.570. The van der Waals surface area contributed by atoms with E-state index >= 15 is 0 Å². The van der Waals surface area contributed by atoms with Crippen molar-refractivity contribution in [2.24, 2.45) is 17.7 Å². The lowest BCUT2D eigenvalue weighted by Crippen LogP contribution is -2.12. The summed E-state index contributed by atoms with van der Waals surface area (Å²) in [6.45, 7) is 8.79. The first-order valence-electron chi connectivity index (χ1n) is 6.34. The summed E-state index contributed by atoms with van der Waals surface area (Å²) in [5.41, 5.74) is 3.69. The van der Waals surface area contributed by atoms with E-state index in [1.54, 1.807) is 0 Å². The highest BCUT2D eigenvalue weighted by molar-refractivity contribution is 5.34. The lowest BCUT2D eigenvalue weighted by Gasteiger charge is -2.10. The Hall–Kier alpha value is -1.16. The van der Waals surface area contributed by atoms with E-state index in [0.717, 1.165) is 36.6 Å². The minimum atomic E-state index is 0.591. The van der Waals surface area contributed by atoms with Crippen LogP contribution in [0.5, 0.6) is 0 Å². The van der Waals surface area contributed by atoms with Crippen molar-refractivity contribution in [3.63, 3.8) is 0 Å². The fourth-order valence-corrected chi connectivity index (χ4v) is 1.68. The number of nitrogens with one attached hydrogen (secondary N) is 1. The molecule has 0 unspecified atom stereocenters. The average Bonchev–Trinajstić information content (AvgIpc) is 2.25. The Morgan fingerprint density at radius 1 is 1.18 bits per heavy atom. The van der Waals surface area contributed by atoms with Crippen LogP contribution in [0.2, 0.25) is 0 Å². The quantitative estimate of drug-likeness (QED) is 0.588. The summed E-state index contributed by atoms with van der Waals surface area (Å²) in [5, 5.41) is 0. The van der Waals surface area contributed by atoms with Gasteiger partial charge in [0.05, 0.1) is 0 Å². The van der Waals surface area contributed by atoms with Crippen LogP contribution in [-0.2, 0) is 12.8 Å². The Labute approximate surface area is 104 Å². The van der Waals surface area contributed by atoms with E-state index in [1.807, 2.05) is 6.07 Å². The first-order chi connectivity index (χ1) is 8.01. The van der Waals surface area contributed by atoms with Gasteiger partial charge in [-0.2, -0.15) is 0 Å². The van der Waals surface area contributed by atoms with Crippen LogP contribution >= 0.6 is 0 Å². The molecule has 0 aliphatic carbocycles. The van der Waals surface area contributed by atoms with Gasteiger partial charge in [0.1, 0.15) is 11.6 Å². The molecular formula is C13H24N4. The van der Waals surface area contributed by atoms with Crippen LogP contribution in [0, 0.1) is 11.8 Å². The van der Waals surface area contributed by atoms with E-state index in [9.17, 15) is 0 Å². The van der Waals surface area contributed by atoms with Crippen LogP contribution in [-0.4, -0.2) is 9.97 Å². The molecule has 0 saturated carbocycles. The zero-order chi connectivity index (χ0) is 12.8. The highest BCUT2D eigenvalue weighted by Crippen LogP contribution is 2.13. The van der Waals surface area contributed by atoms with E-state index in [2.05, 4.69) is 43.1 Å². The second-order valence-corrected chi connectivity index (χ2v) is 5.34. The molecule has 0 fully saturated rings. The fraction of sp³-hybridized carbons (Fsp3) is 0.692. The molecule has 1 aromatic heterocycles. The average molecular weight is 236 g/mol. The van der Waals surface area contributed by atoms with Gasteiger partial charge in [0.2, 0.25) is 0 Å². The number of nitrogens with zero attached hydrogens (tertiary/aromatic N) is 2. The first kappa shape index (κ1) is 13.9. The van der Waals surface area contributed by atoms with E-state index < -0.39 is 0 Å². The largest absolute Gasteiger partial charge is 0.308 e. The van der Waals surface area contributed by atoms with Crippen molar-refractivity contribution in [2.45, 2.75) is 47.0 Å². The number of aryl methyl sites for hydroxylation is 1. The minimum absolute atomic E-state index is 0.591. The van der Waals surface area contributed by atoms with E-state index in [-0.39, 0.29) is 0 Å². The minimum Gasteiger partial charge on any atom is -0.308 e. The SMILES string of the molecule is CC(C)CCc1nc(CC(C)C)cc(NN)n1. The van der Waals surface area contributed by atoms with E-state index in [1.165, 1.54) is 0 Å². The van der Waals surface area contributed by atoms with Crippen molar-refractivity contribution in [2.75, 3.05) is 5.43 Å². The molecule has 0 spiro atoms. The Morgan fingerprint density at radius 3 is 2.41 bits per heavy atom. The number of nitrogen functional groups attached to an aromatic ring is 1. The molecule has 1 rings (SSSR count). The molecule has 0 radical (unpaired) electrons. The molecule has 0 aliphatic heterocycles. The van der Waals surface area contributed by atoms with Gasteiger partial charge >= 0.3 is 0 Å². The van der Waals surface area contributed by atoms with Gasteiger partial charge in [0, 0.05) is 18.2 Å². The third-order valence-corrected chi connectivity index (χ3v) is 2.54. The Balaban J connectivity index is 2.81. The predicted octanol–water partition coefficient (Wildman–Crippen LogP) is 2.55. The molecule has 0 amide bonds. The highest BCUT2D eigenvalue weighted by Gasteiger charge is 2.06. The van der Waals surface area contributed by atoms with Gasteiger partial charge in [0.25, 0.3) is 0 Å². The Bertz CT molecular complexity index is 347. The summed E-state index contributed by atoms with van der Waals surface area (Å²) in [6.07, 6.45) is 2.99. The zero-order valence-corrected chi connectivity index (χ0v) is 11.3. The molecule has 0 saturated heterocycles. The molecule has 1 aromatic rings. The van der Waals surface area contributed by atoms with Crippen LogP contribution in [0.1, 0.15) is 45.6 Å². The maximum Gasteiger partial charge on any atom is 0.143 e. The number of aromatic nitrogens is 2. The van der Waals surface area contributed by atoms with E-state index in [4.69, 9.17) is 5.84 Å². The molecule has 0 aliphatic rings. The standard InChI is InChI=1S/C13H24N4/c1-9(2)5-6-12-15-11(7-10(3)4)8-13(16-12)17-14/h8-10H,5-7,14H2,1-4H3,(H,15,16,17). The summed E-state index contributed by atoms with van der Waals surface area (Å²) in [4.78, 5) is 8.97. The van der Waals surface area contributed by atoms with Crippen molar-refractivity contribution < 1.29 is 0 Å². The molecule has 4 nitrogen and oxygen atoms in total. The Morgan fingerprint density at radius 2 is 1.88 bits per heavy atom. The van der Waals surface area contributed by atoms with Gasteiger partial charge in [-0.1, -0.05) is 27.7 Å². The number of hydrogen-bond acceptors (Lipinski definition) is 4. The van der Waals surface area contributed by atoms with Crippen molar-refractivity contribution in [1.82, 2.24) is 9.97 Å². The number of hydrazine groups is 1. The summed E-state index contributed by atoms with van der Waals surface area (Å²) in [7, 11) is 0. The van der Waals surface area contributed by atoms with Crippen LogP contribution in [0.4, 0.5) is 5.82 Å². The number of rotatable bonds is 6. The first-order valence-corrected chi connectivity index (χ1v) is 6.34. The molecule has 1 heterocycles. The van der Waals surface area contributed by atoms with Gasteiger partial charge in [0.15, 0.2) is 0 Å².